The number of aliphatic carboxylic acids is 1. The van der Waals surface area contributed by atoms with Gasteiger partial charge in [-0.15, -0.1) is 0 Å². The van der Waals surface area contributed by atoms with E-state index in [4.69, 9.17) is 30.5 Å². The van der Waals surface area contributed by atoms with Crippen molar-refractivity contribution in [2.24, 2.45) is 5.73 Å². The number of carbonyl (C=O) groups excluding carboxylic acids is 1. The molecule has 9 heteroatoms. The van der Waals surface area contributed by atoms with E-state index < -0.39 is 12.1 Å². The van der Waals surface area contributed by atoms with Crippen LogP contribution in [0.15, 0.2) is 48.5 Å². The molecular formula is C24H30N4O5. The van der Waals surface area contributed by atoms with Crippen LogP contribution in [-0.4, -0.2) is 55.3 Å². The maximum Gasteiger partial charge on any atom is 0.414 e. The average Bonchev–Trinajstić information content (AvgIpc) is 3.18. The summed E-state index contributed by atoms with van der Waals surface area (Å²) in [4.78, 5) is 25.2. The first-order valence-corrected chi connectivity index (χ1v) is 10.9. The van der Waals surface area contributed by atoms with Gasteiger partial charge in [-0.25, -0.2) is 4.79 Å². The van der Waals surface area contributed by atoms with Gasteiger partial charge in [-0.2, -0.15) is 0 Å². The van der Waals surface area contributed by atoms with Gasteiger partial charge in [0.25, 0.3) is 5.97 Å². The van der Waals surface area contributed by atoms with Gasteiger partial charge in [0.15, 0.2) is 6.10 Å². The van der Waals surface area contributed by atoms with Crippen molar-refractivity contribution in [1.82, 2.24) is 0 Å². The highest BCUT2D eigenvalue weighted by atomic mass is 16.6. The molecule has 0 aliphatic carbocycles. The van der Waals surface area contributed by atoms with Crippen LogP contribution in [-0.2, 0) is 9.53 Å². The molecule has 2 aromatic rings. The van der Waals surface area contributed by atoms with E-state index in [0.29, 0.717) is 18.7 Å². The molecule has 4 rings (SSSR count). The summed E-state index contributed by atoms with van der Waals surface area (Å²) >= 11 is 0. The average molecular weight is 455 g/mol. The number of piperidine rings is 1. The van der Waals surface area contributed by atoms with E-state index in [0.717, 1.165) is 31.5 Å². The Labute approximate surface area is 193 Å². The number of amides is 1. The number of benzene rings is 2. The zero-order chi connectivity index (χ0) is 23.8. The normalized spacial score (nSPS) is 17.6. The molecule has 2 aliphatic heterocycles. The number of nitrogens with two attached hydrogens (primary N) is 1. The molecule has 1 amide bonds. The van der Waals surface area contributed by atoms with Gasteiger partial charge in [-0.3, -0.25) is 15.1 Å². The standard InChI is InChI=1S/C22H26N4O3.C2H4O2/c23-21(24)16-7-9-17(10-8-16)26-14-20(29-22(26)27)15-28-19-6-4-5-18(13-19)25-11-2-1-3-12-25;1-2(3)4/h4-10,13,20H,1-3,11-12,14-15H2,(H3,23,24);1H3,(H,3,4). The van der Waals surface area contributed by atoms with Gasteiger partial charge in [-0.05, 0) is 55.7 Å². The number of amidine groups is 1. The second kappa shape index (κ2) is 11.2. The predicted molar refractivity (Wildman–Crippen MR) is 126 cm³/mol. The van der Waals surface area contributed by atoms with Crippen LogP contribution in [0.2, 0.25) is 0 Å². The first kappa shape index (κ1) is 23.9. The molecule has 0 radical (unpaired) electrons. The molecule has 2 aromatic carbocycles. The van der Waals surface area contributed by atoms with Crippen molar-refractivity contribution in [3.63, 3.8) is 0 Å². The molecule has 0 saturated carbocycles. The summed E-state index contributed by atoms with van der Waals surface area (Å²) in [6.07, 6.45) is 3.02. The quantitative estimate of drug-likeness (QED) is 0.450. The van der Waals surface area contributed by atoms with Crippen molar-refractivity contribution in [1.29, 1.82) is 5.41 Å². The summed E-state index contributed by atoms with van der Waals surface area (Å²) < 4.78 is 11.4. The summed E-state index contributed by atoms with van der Waals surface area (Å²) in [5, 5.41) is 14.9. The SMILES string of the molecule is CC(=O)O.N=C(N)c1ccc(N2CC(COc3cccc(N4CCCCC4)c3)OC2=O)cc1. The van der Waals surface area contributed by atoms with Crippen molar-refractivity contribution >= 4 is 29.3 Å². The summed E-state index contributed by atoms with van der Waals surface area (Å²) in [6, 6.07) is 15.1. The molecule has 2 heterocycles. The Morgan fingerprint density at radius 3 is 2.45 bits per heavy atom. The topological polar surface area (TPSA) is 129 Å². The third-order valence-electron chi connectivity index (χ3n) is 5.34. The third-order valence-corrected chi connectivity index (χ3v) is 5.34. The predicted octanol–water partition coefficient (Wildman–Crippen LogP) is 3.46. The number of ether oxygens (including phenoxy) is 2. The summed E-state index contributed by atoms with van der Waals surface area (Å²) in [7, 11) is 0. The molecule has 176 valence electrons. The van der Waals surface area contributed by atoms with Crippen LogP contribution < -0.4 is 20.3 Å². The molecular weight excluding hydrogens is 424 g/mol. The first-order chi connectivity index (χ1) is 15.8. The second-order valence-corrected chi connectivity index (χ2v) is 7.95. The Balaban J connectivity index is 0.000000709. The summed E-state index contributed by atoms with van der Waals surface area (Å²) in [5.41, 5.74) is 7.99. The van der Waals surface area contributed by atoms with E-state index in [9.17, 15) is 4.79 Å². The lowest BCUT2D eigenvalue weighted by atomic mass is 10.1. The number of cyclic esters (lactones) is 1. The minimum atomic E-state index is -0.833. The van der Waals surface area contributed by atoms with Gasteiger partial charge in [0.05, 0.1) is 6.54 Å². The van der Waals surface area contributed by atoms with E-state index in [1.165, 1.54) is 24.9 Å². The minimum Gasteiger partial charge on any atom is -0.490 e. The molecule has 33 heavy (non-hydrogen) atoms. The highest BCUT2D eigenvalue weighted by Crippen LogP contribution is 2.26. The highest BCUT2D eigenvalue weighted by molar-refractivity contribution is 5.96. The van der Waals surface area contributed by atoms with Crippen LogP contribution in [0.25, 0.3) is 0 Å². The zero-order valence-electron chi connectivity index (χ0n) is 18.7. The van der Waals surface area contributed by atoms with Crippen LogP contribution in [0, 0.1) is 5.41 Å². The maximum atomic E-state index is 12.3. The smallest absolute Gasteiger partial charge is 0.414 e. The number of nitrogen functional groups attached to an aromatic ring is 1. The molecule has 2 fully saturated rings. The van der Waals surface area contributed by atoms with E-state index in [1.807, 2.05) is 12.1 Å². The Morgan fingerprint density at radius 1 is 1.15 bits per heavy atom. The van der Waals surface area contributed by atoms with Gasteiger partial charge in [0.1, 0.15) is 18.2 Å². The number of carboxylic acid groups (broad SMARTS) is 1. The Bertz CT molecular complexity index is 969. The van der Waals surface area contributed by atoms with Crippen molar-refractivity contribution in [3.8, 4) is 5.75 Å². The van der Waals surface area contributed by atoms with Crippen LogP contribution in [0.1, 0.15) is 31.7 Å². The number of nitrogens with zero attached hydrogens (tertiary/aromatic N) is 2. The van der Waals surface area contributed by atoms with Gasteiger partial charge in [-0.1, -0.05) is 6.07 Å². The lowest BCUT2D eigenvalue weighted by Crippen LogP contribution is -2.29. The number of carbonyl (C=O) groups is 2. The molecule has 2 saturated heterocycles. The Morgan fingerprint density at radius 2 is 1.82 bits per heavy atom. The first-order valence-electron chi connectivity index (χ1n) is 10.9. The number of hydrogen-bond acceptors (Lipinski definition) is 6. The second-order valence-electron chi connectivity index (χ2n) is 7.95. The van der Waals surface area contributed by atoms with Gasteiger partial charge >= 0.3 is 6.09 Å². The highest BCUT2D eigenvalue weighted by Gasteiger charge is 2.32. The third kappa shape index (κ3) is 6.86. The number of anilines is 2. The lowest BCUT2D eigenvalue weighted by Gasteiger charge is -2.29. The minimum absolute atomic E-state index is 0.00129. The van der Waals surface area contributed by atoms with Crippen LogP contribution in [0.4, 0.5) is 16.2 Å². The number of rotatable bonds is 6. The fourth-order valence-corrected chi connectivity index (χ4v) is 3.75. The maximum absolute atomic E-state index is 12.3. The number of nitrogens with one attached hydrogen (secondary N) is 1. The Kier molecular flexibility index (Phi) is 8.12. The molecule has 1 atom stereocenters. The monoisotopic (exact) mass is 454 g/mol. The van der Waals surface area contributed by atoms with Crippen LogP contribution in [0.5, 0.6) is 5.75 Å². The number of carboxylic acids is 1. The lowest BCUT2D eigenvalue weighted by molar-refractivity contribution is -0.134. The largest absolute Gasteiger partial charge is 0.490 e. The van der Waals surface area contributed by atoms with Gasteiger partial charge in [0.2, 0.25) is 0 Å². The number of hydrogen-bond donors (Lipinski definition) is 3. The van der Waals surface area contributed by atoms with Crippen LogP contribution >= 0.6 is 0 Å². The zero-order valence-corrected chi connectivity index (χ0v) is 18.7. The molecule has 0 bridgehead atoms. The van der Waals surface area contributed by atoms with Crippen molar-refractivity contribution in [2.75, 3.05) is 36.0 Å². The van der Waals surface area contributed by atoms with E-state index in [1.54, 1.807) is 29.2 Å². The molecule has 9 nitrogen and oxygen atoms in total. The summed E-state index contributed by atoms with van der Waals surface area (Å²) in [6.45, 7) is 3.98. The van der Waals surface area contributed by atoms with E-state index in [2.05, 4.69) is 17.0 Å². The van der Waals surface area contributed by atoms with E-state index >= 15 is 0 Å². The molecule has 2 aliphatic rings. The fraction of sp³-hybridized carbons (Fsp3) is 0.375. The van der Waals surface area contributed by atoms with Crippen LogP contribution in [0.3, 0.4) is 0 Å². The van der Waals surface area contributed by atoms with Crippen molar-refractivity contribution < 1.29 is 24.2 Å². The van der Waals surface area contributed by atoms with Crippen molar-refractivity contribution in [3.05, 3.63) is 54.1 Å². The van der Waals surface area contributed by atoms with Gasteiger partial charge < -0.3 is 25.2 Å². The Hall–Kier alpha value is -3.75. The molecule has 4 N–H and O–H groups in total. The molecule has 0 aromatic heterocycles. The van der Waals surface area contributed by atoms with Crippen molar-refractivity contribution in [2.45, 2.75) is 32.3 Å². The molecule has 1 unspecified atom stereocenters. The molecule has 0 spiro atoms. The fourth-order valence-electron chi connectivity index (χ4n) is 3.75. The summed E-state index contributed by atoms with van der Waals surface area (Å²) in [5.74, 6) is -0.0491. The van der Waals surface area contributed by atoms with E-state index in [-0.39, 0.29) is 11.9 Å². The van der Waals surface area contributed by atoms with Gasteiger partial charge in [0, 0.05) is 43.0 Å².